The van der Waals surface area contributed by atoms with Crippen LogP contribution in [0.5, 0.6) is 0 Å². The standard InChI is InChI=1S/C11H11ClN2O.ClH/c1-8-9(5-6-12)11(15)14-7-3-2-4-10(14)13-8;/h2-4,7H,5-6H2,1H3;1H. The van der Waals surface area contributed by atoms with Crippen LogP contribution in [0, 0.1) is 6.92 Å². The molecule has 0 amide bonds. The number of aryl methyl sites for hydroxylation is 1. The van der Waals surface area contributed by atoms with E-state index < -0.39 is 0 Å². The molecule has 0 unspecified atom stereocenters. The van der Waals surface area contributed by atoms with Crippen molar-refractivity contribution in [2.24, 2.45) is 0 Å². The molecule has 0 bridgehead atoms. The van der Waals surface area contributed by atoms with Gasteiger partial charge < -0.3 is 0 Å². The Labute approximate surface area is 104 Å². The van der Waals surface area contributed by atoms with Crippen LogP contribution in [0.15, 0.2) is 29.2 Å². The summed E-state index contributed by atoms with van der Waals surface area (Å²) in [5.41, 5.74) is 2.14. The van der Waals surface area contributed by atoms with Crippen molar-refractivity contribution in [3.63, 3.8) is 0 Å². The third-order valence-corrected chi connectivity index (χ3v) is 2.57. The Bertz CT molecular complexity index is 551. The van der Waals surface area contributed by atoms with Crippen LogP contribution in [0.25, 0.3) is 5.65 Å². The molecular formula is C11H12Cl2N2O. The van der Waals surface area contributed by atoms with Crippen LogP contribution < -0.4 is 5.56 Å². The SMILES string of the molecule is Cc1nc2ccccn2c(=O)c1CCCl.Cl. The Morgan fingerprint density at radius 1 is 1.44 bits per heavy atom. The highest BCUT2D eigenvalue weighted by Crippen LogP contribution is 2.04. The van der Waals surface area contributed by atoms with Crippen molar-refractivity contribution in [2.75, 3.05) is 5.88 Å². The first kappa shape index (κ1) is 13.0. The van der Waals surface area contributed by atoms with Crippen LogP contribution in [-0.2, 0) is 6.42 Å². The molecule has 0 radical (unpaired) electrons. The molecule has 0 saturated heterocycles. The quantitative estimate of drug-likeness (QED) is 0.775. The maximum Gasteiger partial charge on any atom is 0.261 e. The molecule has 2 heterocycles. The second kappa shape index (κ2) is 5.32. The van der Waals surface area contributed by atoms with Crippen LogP contribution in [-0.4, -0.2) is 15.3 Å². The maximum atomic E-state index is 12.0. The van der Waals surface area contributed by atoms with Gasteiger partial charge in [-0.3, -0.25) is 9.20 Å². The molecule has 0 spiro atoms. The van der Waals surface area contributed by atoms with E-state index in [0.717, 1.165) is 5.69 Å². The van der Waals surface area contributed by atoms with Gasteiger partial charge in [-0.1, -0.05) is 6.07 Å². The molecular weight excluding hydrogens is 247 g/mol. The second-order valence-electron chi connectivity index (χ2n) is 3.35. The van der Waals surface area contributed by atoms with E-state index in [0.29, 0.717) is 23.5 Å². The summed E-state index contributed by atoms with van der Waals surface area (Å²) in [6.45, 7) is 1.84. The zero-order valence-corrected chi connectivity index (χ0v) is 10.4. The number of rotatable bonds is 2. The minimum absolute atomic E-state index is 0. The Kier molecular flexibility index (Phi) is 4.33. The topological polar surface area (TPSA) is 34.4 Å². The molecule has 2 aromatic rings. The average Bonchev–Trinajstić information content (AvgIpc) is 2.24. The third kappa shape index (κ3) is 2.20. The van der Waals surface area contributed by atoms with Gasteiger partial charge in [-0.25, -0.2) is 4.98 Å². The van der Waals surface area contributed by atoms with E-state index in [1.165, 1.54) is 0 Å². The van der Waals surface area contributed by atoms with Crippen LogP contribution in [0.4, 0.5) is 0 Å². The van der Waals surface area contributed by atoms with Crippen molar-refractivity contribution in [1.82, 2.24) is 9.38 Å². The summed E-state index contributed by atoms with van der Waals surface area (Å²) >= 11 is 5.66. The van der Waals surface area contributed by atoms with Crippen molar-refractivity contribution in [1.29, 1.82) is 0 Å². The van der Waals surface area contributed by atoms with Gasteiger partial charge in [-0.2, -0.15) is 0 Å². The highest BCUT2D eigenvalue weighted by molar-refractivity contribution is 6.18. The van der Waals surface area contributed by atoms with Gasteiger partial charge in [-0.05, 0) is 25.5 Å². The zero-order valence-electron chi connectivity index (χ0n) is 8.81. The molecule has 0 atom stereocenters. The summed E-state index contributed by atoms with van der Waals surface area (Å²) in [6.07, 6.45) is 2.29. The number of hydrogen-bond donors (Lipinski definition) is 0. The molecule has 0 aliphatic heterocycles. The number of aromatic nitrogens is 2. The van der Waals surface area contributed by atoms with Crippen LogP contribution in [0.2, 0.25) is 0 Å². The number of halogens is 2. The van der Waals surface area contributed by atoms with Crippen molar-refractivity contribution in [3.8, 4) is 0 Å². The lowest BCUT2D eigenvalue weighted by Crippen LogP contribution is -2.21. The largest absolute Gasteiger partial charge is 0.269 e. The zero-order chi connectivity index (χ0) is 10.8. The average molecular weight is 259 g/mol. The molecule has 0 saturated carbocycles. The second-order valence-corrected chi connectivity index (χ2v) is 3.73. The highest BCUT2D eigenvalue weighted by atomic mass is 35.5. The Balaban J connectivity index is 0.00000128. The molecule has 16 heavy (non-hydrogen) atoms. The van der Waals surface area contributed by atoms with Gasteiger partial charge >= 0.3 is 0 Å². The minimum atomic E-state index is -0.0150. The van der Waals surface area contributed by atoms with E-state index in [4.69, 9.17) is 11.6 Å². The molecule has 0 aliphatic rings. The fourth-order valence-electron chi connectivity index (χ4n) is 1.62. The molecule has 0 aromatic carbocycles. The highest BCUT2D eigenvalue weighted by Gasteiger charge is 2.07. The van der Waals surface area contributed by atoms with Crippen LogP contribution in [0.3, 0.4) is 0 Å². The first-order chi connectivity index (χ1) is 7.24. The van der Waals surface area contributed by atoms with Gasteiger partial charge in [0.05, 0.1) is 0 Å². The first-order valence-electron chi connectivity index (χ1n) is 4.77. The summed E-state index contributed by atoms with van der Waals surface area (Å²) < 4.78 is 1.55. The van der Waals surface area contributed by atoms with Gasteiger partial charge in [0, 0.05) is 23.3 Å². The van der Waals surface area contributed by atoms with E-state index in [2.05, 4.69) is 4.98 Å². The fourth-order valence-corrected chi connectivity index (χ4v) is 1.81. The van der Waals surface area contributed by atoms with E-state index in [-0.39, 0.29) is 18.0 Å². The Morgan fingerprint density at radius 2 is 2.19 bits per heavy atom. The van der Waals surface area contributed by atoms with E-state index in [9.17, 15) is 4.79 Å². The van der Waals surface area contributed by atoms with Crippen molar-refractivity contribution in [3.05, 3.63) is 46.0 Å². The molecule has 5 heteroatoms. The summed E-state index contributed by atoms with van der Waals surface area (Å²) in [5.74, 6) is 0.441. The van der Waals surface area contributed by atoms with E-state index in [1.54, 1.807) is 10.6 Å². The Morgan fingerprint density at radius 3 is 2.88 bits per heavy atom. The van der Waals surface area contributed by atoms with E-state index >= 15 is 0 Å². The molecule has 2 rings (SSSR count). The van der Waals surface area contributed by atoms with Gasteiger partial charge in [-0.15, -0.1) is 24.0 Å². The summed E-state index contributed by atoms with van der Waals surface area (Å²) in [7, 11) is 0. The number of nitrogens with zero attached hydrogens (tertiary/aromatic N) is 2. The van der Waals surface area contributed by atoms with Crippen LogP contribution in [0.1, 0.15) is 11.3 Å². The molecule has 0 aliphatic carbocycles. The fraction of sp³-hybridized carbons (Fsp3) is 0.273. The summed E-state index contributed by atoms with van der Waals surface area (Å²) in [6, 6.07) is 5.50. The number of fused-ring (bicyclic) bond motifs is 1. The molecule has 0 fully saturated rings. The lowest BCUT2D eigenvalue weighted by atomic mass is 10.2. The number of hydrogen-bond acceptors (Lipinski definition) is 2. The molecule has 3 nitrogen and oxygen atoms in total. The number of alkyl halides is 1. The molecule has 2 aromatic heterocycles. The van der Waals surface area contributed by atoms with Crippen LogP contribution >= 0.6 is 24.0 Å². The van der Waals surface area contributed by atoms with E-state index in [1.807, 2.05) is 25.1 Å². The van der Waals surface area contributed by atoms with Gasteiger partial charge in [0.1, 0.15) is 5.65 Å². The maximum absolute atomic E-state index is 12.0. The normalized spacial score (nSPS) is 10.1. The minimum Gasteiger partial charge on any atom is -0.269 e. The number of pyridine rings is 1. The summed E-state index contributed by atoms with van der Waals surface area (Å²) in [4.78, 5) is 16.4. The lowest BCUT2D eigenvalue weighted by molar-refractivity contribution is 0.939. The lowest BCUT2D eigenvalue weighted by Gasteiger charge is -2.05. The van der Waals surface area contributed by atoms with Gasteiger partial charge in [0.25, 0.3) is 5.56 Å². The van der Waals surface area contributed by atoms with Gasteiger partial charge in [0.15, 0.2) is 0 Å². The third-order valence-electron chi connectivity index (χ3n) is 2.38. The van der Waals surface area contributed by atoms with Crippen molar-refractivity contribution < 1.29 is 0 Å². The summed E-state index contributed by atoms with van der Waals surface area (Å²) in [5, 5.41) is 0. The van der Waals surface area contributed by atoms with Crippen molar-refractivity contribution in [2.45, 2.75) is 13.3 Å². The first-order valence-corrected chi connectivity index (χ1v) is 5.30. The predicted octanol–water partition coefficient (Wildman–Crippen LogP) is 2.21. The monoisotopic (exact) mass is 258 g/mol. The predicted molar refractivity (Wildman–Crippen MR) is 67.9 cm³/mol. The van der Waals surface area contributed by atoms with Crippen molar-refractivity contribution >= 4 is 29.7 Å². The molecule has 0 N–H and O–H groups in total. The smallest absolute Gasteiger partial charge is 0.261 e. The molecule has 86 valence electrons. The Hall–Kier alpha value is -1.06. The van der Waals surface area contributed by atoms with Gasteiger partial charge in [0.2, 0.25) is 0 Å².